The summed E-state index contributed by atoms with van der Waals surface area (Å²) in [4.78, 5) is 21.5. The zero-order valence-corrected chi connectivity index (χ0v) is 18.1. The topological polar surface area (TPSA) is 62.6 Å². The molecule has 1 N–H and O–H groups in total. The third-order valence-electron chi connectivity index (χ3n) is 4.99. The van der Waals surface area contributed by atoms with E-state index in [1.165, 1.54) is 6.07 Å². The van der Waals surface area contributed by atoms with Crippen LogP contribution in [0.15, 0.2) is 36.7 Å². The second kappa shape index (κ2) is 10.0. The molecule has 0 aliphatic carbocycles. The van der Waals surface area contributed by atoms with E-state index in [1.54, 1.807) is 23.2 Å². The fraction of sp³-hybridized carbons (Fsp3) is 0.545. The molecule has 0 saturated carbocycles. The van der Waals surface area contributed by atoms with Crippen LogP contribution in [-0.4, -0.2) is 70.3 Å². The minimum absolute atomic E-state index is 0.129. The Hall–Kier alpha value is -2.45. The Morgan fingerprint density at radius 1 is 1.27 bits per heavy atom. The molecule has 8 heteroatoms. The molecular weight excluding hydrogens is 385 g/mol. The van der Waals surface area contributed by atoms with Gasteiger partial charge in [0.15, 0.2) is 0 Å². The molecule has 0 radical (unpaired) electrons. The van der Waals surface area contributed by atoms with Crippen LogP contribution in [0.5, 0.6) is 0 Å². The first-order chi connectivity index (χ1) is 14.3. The standard InChI is InChI=1S/C22H32FN5O2/c1-22(2,3)25-21(29)28(11-10-26-12-14-30-15-13-26)17-20-24-8-9-27(20)16-18-6-4-5-7-19(18)23/h4-9H,10-17H2,1-3H3,(H,25,29). The van der Waals surface area contributed by atoms with Gasteiger partial charge in [0.25, 0.3) is 0 Å². The quantitative estimate of drug-likeness (QED) is 0.753. The molecule has 0 spiro atoms. The van der Waals surface area contributed by atoms with Gasteiger partial charge in [0.05, 0.1) is 26.3 Å². The Bertz CT molecular complexity index is 827. The van der Waals surface area contributed by atoms with Crippen molar-refractivity contribution < 1.29 is 13.9 Å². The summed E-state index contributed by atoms with van der Waals surface area (Å²) in [6.45, 7) is 11.2. The minimum atomic E-state index is -0.336. The first-order valence-electron chi connectivity index (χ1n) is 10.4. The number of nitrogens with zero attached hydrogens (tertiary/aromatic N) is 4. The van der Waals surface area contributed by atoms with E-state index in [0.29, 0.717) is 25.2 Å². The number of rotatable bonds is 7. The van der Waals surface area contributed by atoms with Gasteiger partial charge in [-0.1, -0.05) is 18.2 Å². The summed E-state index contributed by atoms with van der Waals surface area (Å²) in [5.74, 6) is 0.482. The van der Waals surface area contributed by atoms with Gasteiger partial charge in [0.1, 0.15) is 11.6 Å². The van der Waals surface area contributed by atoms with Crippen LogP contribution in [0.1, 0.15) is 32.2 Å². The lowest BCUT2D eigenvalue weighted by molar-refractivity contribution is 0.0344. The molecule has 2 aromatic rings. The molecule has 1 saturated heterocycles. The lowest BCUT2D eigenvalue weighted by Gasteiger charge is -2.32. The van der Waals surface area contributed by atoms with E-state index in [0.717, 1.165) is 38.7 Å². The smallest absolute Gasteiger partial charge is 0.318 e. The average Bonchev–Trinajstić information content (AvgIpc) is 3.13. The van der Waals surface area contributed by atoms with Crippen molar-refractivity contribution in [3.63, 3.8) is 0 Å². The number of carbonyl (C=O) groups excluding carboxylic acids is 1. The number of ether oxygens (including phenoxy) is 1. The Morgan fingerprint density at radius 2 is 2.00 bits per heavy atom. The summed E-state index contributed by atoms with van der Waals surface area (Å²) in [6.07, 6.45) is 3.52. The molecule has 2 heterocycles. The van der Waals surface area contributed by atoms with Gasteiger partial charge >= 0.3 is 6.03 Å². The fourth-order valence-corrected chi connectivity index (χ4v) is 3.36. The van der Waals surface area contributed by atoms with Crippen LogP contribution in [-0.2, 0) is 17.8 Å². The number of carbonyl (C=O) groups is 1. The van der Waals surface area contributed by atoms with Gasteiger partial charge in [0, 0.05) is 49.7 Å². The van der Waals surface area contributed by atoms with Crippen molar-refractivity contribution in [2.45, 2.75) is 39.4 Å². The van der Waals surface area contributed by atoms with Crippen molar-refractivity contribution in [3.8, 4) is 0 Å². The number of hydrogen-bond donors (Lipinski definition) is 1. The maximum atomic E-state index is 14.1. The number of aromatic nitrogens is 2. The van der Waals surface area contributed by atoms with Gasteiger partial charge in [-0.3, -0.25) is 4.90 Å². The third kappa shape index (κ3) is 6.53. The molecule has 1 fully saturated rings. The summed E-state index contributed by atoms with van der Waals surface area (Å²) in [7, 11) is 0. The molecule has 30 heavy (non-hydrogen) atoms. The van der Waals surface area contributed by atoms with Crippen LogP contribution in [0.3, 0.4) is 0 Å². The molecule has 1 aliphatic heterocycles. The van der Waals surface area contributed by atoms with Crippen molar-refractivity contribution in [2.75, 3.05) is 39.4 Å². The van der Waals surface area contributed by atoms with E-state index < -0.39 is 0 Å². The molecule has 1 aromatic heterocycles. The highest BCUT2D eigenvalue weighted by Gasteiger charge is 2.22. The monoisotopic (exact) mass is 417 g/mol. The van der Waals surface area contributed by atoms with Crippen LogP contribution in [0.25, 0.3) is 0 Å². The van der Waals surface area contributed by atoms with Gasteiger partial charge in [-0.15, -0.1) is 0 Å². The molecule has 1 aromatic carbocycles. The van der Waals surface area contributed by atoms with Gasteiger partial charge in [0.2, 0.25) is 0 Å². The molecule has 164 valence electrons. The molecule has 0 bridgehead atoms. The predicted octanol–water partition coefficient (Wildman–Crippen LogP) is 2.71. The molecule has 3 rings (SSSR count). The van der Waals surface area contributed by atoms with Crippen molar-refractivity contribution in [1.29, 1.82) is 0 Å². The number of hydrogen-bond acceptors (Lipinski definition) is 4. The van der Waals surface area contributed by atoms with E-state index in [9.17, 15) is 9.18 Å². The summed E-state index contributed by atoms with van der Waals surface area (Å²) in [6, 6.07) is 6.59. The number of imidazole rings is 1. The molecule has 2 amide bonds. The zero-order valence-electron chi connectivity index (χ0n) is 18.1. The highest BCUT2D eigenvalue weighted by atomic mass is 19.1. The Labute approximate surface area is 177 Å². The Morgan fingerprint density at radius 3 is 2.70 bits per heavy atom. The number of halogens is 1. The Balaban J connectivity index is 1.71. The third-order valence-corrected chi connectivity index (χ3v) is 4.99. The molecular formula is C22H32FN5O2. The van der Waals surface area contributed by atoms with Crippen molar-refractivity contribution in [3.05, 3.63) is 53.9 Å². The molecule has 0 unspecified atom stereocenters. The van der Waals surface area contributed by atoms with E-state index in [2.05, 4.69) is 15.2 Å². The van der Waals surface area contributed by atoms with Gasteiger partial charge in [-0.25, -0.2) is 14.2 Å². The van der Waals surface area contributed by atoms with Crippen LogP contribution in [0.2, 0.25) is 0 Å². The normalized spacial score (nSPS) is 15.2. The van der Waals surface area contributed by atoms with E-state index in [-0.39, 0.29) is 17.4 Å². The maximum Gasteiger partial charge on any atom is 0.318 e. The number of amides is 2. The summed E-state index contributed by atoms with van der Waals surface area (Å²) in [5.41, 5.74) is 0.257. The fourth-order valence-electron chi connectivity index (χ4n) is 3.36. The second-order valence-electron chi connectivity index (χ2n) is 8.62. The lowest BCUT2D eigenvalue weighted by atomic mass is 10.1. The maximum absolute atomic E-state index is 14.1. The molecule has 1 aliphatic rings. The summed E-state index contributed by atoms with van der Waals surface area (Å²) >= 11 is 0. The largest absolute Gasteiger partial charge is 0.379 e. The van der Waals surface area contributed by atoms with Crippen LogP contribution in [0.4, 0.5) is 9.18 Å². The van der Waals surface area contributed by atoms with Crippen LogP contribution < -0.4 is 5.32 Å². The minimum Gasteiger partial charge on any atom is -0.379 e. The molecule has 7 nitrogen and oxygen atoms in total. The first-order valence-corrected chi connectivity index (χ1v) is 10.4. The van der Waals surface area contributed by atoms with E-state index in [4.69, 9.17) is 4.74 Å². The predicted molar refractivity (Wildman–Crippen MR) is 114 cm³/mol. The zero-order chi connectivity index (χ0) is 21.6. The van der Waals surface area contributed by atoms with Gasteiger partial charge in [-0.2, -0.15) is 0 Å². The summed E-state index contributed by atoms with van der Waals surface area (Å²) < 4.78 is 21.4. The summed E-state index contributed by atoms with van der Waals surface area (Å²) in [5, 5.41) is 3.04. The highest BCUT2D eigenvalue weighted by Crippen LogP contribution is 2.12. The average molecular weight is 418 g/mol. The van der Waals surface area contributed by atoms with E-state index in [1.807, 2.05) is 37.6 Å². The first kappa shape index (κ1) is 22.2. The van der Waals surface area contributed by atoms with Gasteiger partial charge in [-0.05, 0) is 26.8 Å². The van der Waals surface area contributed by atoms with Crippen LogP contribution in [0, 0.1) is 5.82 Å². The highest BCUT2D eigenvalue weighted by molar-refractivity contribution is 5.74. The Kier molecular flexibility index (Phi) is 7.44. The number of nitrogens with one attached hydrogen (secondary N) is 1. The van der Waals surface area contributed by atoms with Crippen molar-refractivity contribution >= 4 is 6.03 Å². The number of morpholine rings is 1. The van der Waals surface area contributed by atoms with E-state index >= 15 is 0 Å². The van der Waals surface area contributed by atoms with Crippen LogP contribution >= 0.6 is 0 Å². The van der Waals surface area contributed by atoms with Crippen molar-refractivity contribution in [2.24, 2.45) is 0 Å². The second-order valence-corrected chi connectivity index (χ2v) is 8.62. The SMILES string of the molecule is CC(C)(C)NC(=O)N(CCN1CCOCC1)Cc1nccn1Cc1ccccc1F. The number of urea groups is 1. The molecule has 0 atom stereocenters. The van der Waals surface area contributed by atoms with Gasteiger partial charge < -0.3 is 19.5 Å². The lowest BCUT2D eigenvalue weighted by Crippen LogP contribution is -2.50. The number of benzene rings is 1. The van der Waals surface area contributed by atoms with Crippen molar-refractivity contribution in [1.82, 2.24) is 24.7 Å².